The molecule has 1 aromatic rings. The van der Waals surface area contributed by atoms with Crippen LogP contribution in [0.1, 0.15) is 25.8 Å². The summed E-state index contributed by atoms with van der Waals surface area (Å²) in [6, 6.07) is 2.89. The summed E-state index contributed by atoms with van der Waals surface area (Å²) in [6.45, 7) is 3.98. The summed E-state index contributed by atoms with van der Waals surface area (Å²) in [4.78, 5) is 10.6. The lowest BCUT2D eigenvalue weighted by Crippen LogP contribution is -2.14. The number of nitrogens with zero attached hydrogens (tertiary/aromatic N) is 1. The third kappa shape index (κ3) is 4.09. The van der Waals surface area contributed by atoms with Gasteiger partial charge >= 0.3 is 0 Å². The summed E-state index contributed by atoms with van der Waals surface area (Å²) >= 11 is 0. The van der Waals surface area contributed by atoms with Crippen molar-refractivity contribution in [2.24, 2.45) is 5.92 Å². The van der Waals surface area contributed by atoms with Crippen LogP contribution in [-0.4, -0.2) is 30.4 Å². The standard InChI is InChI=1S/C14H21NO5/c1-9(2)5-11(16)6-10-7-13(19-3)14(20-4)8-12(10)15(17)18/h7-9,11,16H,5-6H2,1-4H3. The lowest BCUT2D eigenvalue weighted by Gasteiger charge is -2.15. The van der Waals surface area contributed by atoms with Gasteiger partial charge in [-0.25, -0.2) is 0 Å². The number of benzene rings is 1. The molecule has 0 aliphatic heterocycles. The number of nitro benzene ring substituents is 1. The molecule has 0 saturated heterocycles. The number of aliphatic hydroxyl groups excluding tert-OH is 1. The average Bonchev–Trinajstić information content (AvgIpc) is 2.36. The third-order valence-corrected chi connectivity index (χ3v) is 2.98. The Kier molecular flexibility index (Phi) is 5.76. The van der Waals surface area contributed by atoms with Gasteiger partial charge in [0.15, 0.2) is 11.5 Å². The van der Waals surface area contributed by atoms with Gasteiger partial charge in [-0.15, -0.1) is 0 Å². The number of hydrogen-bond donors (Lipinski definition) is 1. The van der Waals surface area contributed by atoms with Crippen LogP contribution in [0.25, 0.3) is 0 Å². The van der Waals surface area contributed by atoms with Crippen LogP contribution in [0.15, 0.2) is 12.1 Å². The number of aliphatic hydroxyl groups is 1. The van der Waals surface area contributed by atoms with Gasteiger partial charge in [-0.2, -0.15) is 0 Å². The van der Waals surface area contributed by atoms with E-state index < -0.39 is 11.0 Å². The summed E-state index contributed by atoms with van der Waals surface area (Å²) in [6.07, 6.45) is 0.187. The molecule has 20 heavy (non-hydrogen) atoms. The fourth-order valence-corrected chi connectivity index (χ4v) is 2.13. The SMILES string of the molecule is COc1cc(CC(O)CC(C)C)c([N+](=O)[O-])cc1OC. The molecule has 1 aromatic carbocycles. The van der Waals surface area contributed by atoms with Crippen LogP contribution in [-0.2, 0) is 6.42 Å². The topological polar surface area (TPSA) is 81.8 Å². The summed E-state index contributed by atoms with van der Waals surface area (Å²) in [5.74, 6) is 1.05. The molecule has 6 heteroatoms. The van der Waals surface area contributed by atoms with Crippen LogP contribution < -0.4 is 9.47 Å². The van der Waals surface area contributed by atoms with Crippen LogP contribution in [0.2, 0.25) is 0 Å². The van der Waals surface area contributed by atoms with E-state index in [9.17, 15) is 15.2 Å². The monoisotopic (exact) mass is 283 g/mol. The molecular formula is C14H21NO5. The normalized spacial score (nSPS) is 12.3. The van der Waals surface area contributed by atoms with E-state index in [0.717, 1.165) is 0 Å². The lowest BCUT2D eigenvalue weighted by molar-refractivity contribution is -0.385. The largest absolute Gasteiger partial charge is 0.493 e. The molecule has 0 heterocycles. The first-order valence-corrected chi connectivity index (χ1v) is 6.46. The smallest absolute Gasteiger partial charge is 0.276 e. The number of ether oxygens (including phenoxy) is 2. The minimum Gasteiger partial charge on any atom is -0.493 e. The molecule has 0 radical (unpaired) electrons. The molecule has 0 spiro atoms. The molecular weight excluding hydrogens is 262 g/mol. The van der Waals surface area contributed by atoms with E-state index in [0.29, 0.717) is 29.4 Å². The number of methoxy groups -OCH3 is 2. The average molecular weight is 283 g/mol. The Hall–Kier alpha value is -1.82. The zero-order valence-corrected chi connectivity index (χ0v) is 12.3. The van der Waals surface area contributed by atoms with E-state index in [4.69, 9.17) is 9.47 Å². The molecule has 0 amide bonds. The van der Waals surface area contributed by atoms with Gasteiger partial charge in [0.2, 0.25) is 0 Å². The second kappa shape index (κ2) is 7.09. The molecule has 0 fully saturated rings. The maximum atomic E-state index is 11.1. The van der Waals surface area contributed by atoms with Crippen LogP contribution in [0, 0.1) is 16.0 Å². The minimum absolute atomic E-state index is 0.0644. The predicted molar refractivity (Wildman–Crippen MR) is 75.4 cm³/mol. The number of hydrogen-bond acceptors (Lipinski definition) is 5. The molecule has 1 atom stereocenters. The van der Waals surface area contributed by atoms with Crippen molar-refractivity contribution in [3.63, 3.8) is 0 Å². The van der Waals surface area contributed by atoms with Crippen molar-refractivity contribution >= 4 is 5.69 Å². The first-order valence-electron chi connectivity index (χ1n) is 6.46. The van der Waals surface area contributed by atoms with Crippen molar-refractivity contribution in [1.82, 2.24) is 0 Å². The Bertz CT molecular complexity index is 473. The minimum atomic E-state index is -0.619. The van der Waals surface area contributed by atoms with E-state index >= 15 is 0 Å². The van der Waals surface area contributed by atoms with Gasteiger partial charge in [0.05, 0.1) is 31.3 Å². The summed E-state index contributed by atoms with van der Waals surface area (Å²) < 4.78 is 10.2. The predicted octanol–water partition coefficient (Wildman–Crippen LogP) is 2.56. The molecule has 6 nitrogen and oxygen atoms in total. The van der Waals surface area contributed by atoms with Crippen LogP contribution in [0.5, 0.6) is 11.5 Å². The number of nitro groups is 1. The molecule has 0 aliphatic rings. The van der Waals surface area contributed by atoms with Crippen LogP contribution in [0.4, 0.5) is 5.69 Å². The van der Waals surface area contributed by atoms with Gasteiger partial charge in [-0.3, -0.25) is 10.1 Å². The highest BCUT2D eigenvalue weighted by Gasteiger charge is 2.21. The summed E-state index contributed by atoms with van der Waals surface area (Å²) in [5.41, 5.74) is 0.381. The van der Waals surface area contributed by atoms with Gasteiger partial charge in [-0.1, -0.05) is 13.8 Å². The summed E-state index contributed by atoms with van der Waals surface area (Å²) in [7, 11) is 2.90. The summed E-state index contributed by atoms with van der Waals surface area (Å²) in [5, 5.41) is 21.1. The van der Waals surface area contributed by atoms with E-state index in [-0.39, 0.29) is 12.1 Å². The molecule has 0 aliphatic carbocycles. The van der Waals surface area contributed by atoms with E-state index in [1.165, 1.54) is 20.3 Å². The zero-order chi connectivity index (χ0) is 15.3. The van der Waals surface area contributed by atoms with Crippen molar-refractivity contribution in [2.45, 2.75) is 32.8 Å². The Morgan fingerprint density at radius 3 is 2.25 bits per heavy atom. The Morgan fingerprint density at radius 1 is 1.25 bits per heavy atom. The van der Waals surface area contributed by atoms with Gasteiger partial charge in [0, 0.05) is 12.0 Å². The Morgan fingerprint density at radius 2 is 1.80 bits per heavy atom. The van der Waals surface area contributed by atoms with Crippen LogP contribution in [0.3, 0.4) is 0 Å². The molecule has 0 saturated carbocycles. The maximum absolute atomic E-state index is 11.1. The first-order chi connectivity index (χ1) is 9.38. The molecule has 112 valence electrons. The molecule has 0 bridgehead atoms. The molecule has 1 N–H and O–H groups in total. The van der Waals surface area contributed by atoms with Gasteiger partial charge in [-0.05, 0) is 18.4 Å². The highest BCUT2D eigenvalue weighted by Crippen LogP contribution is 2.35. The van der Waals surface area contributed by atoms with Crippen molar-refractivity contribution in [3.8, 4) is 11.5 Å². The van der Waals surface area contributed by atoms with Gasteiger partial charge < -0.3 is 14.6 Å². The quantitative estimate of drug-likeness (QED) is 0.614. The lowest BCUT2D eigenvalue weighted by atomic mass is 9.98. The van der Waals surface area contributed by atoms with Crippen LogP contribution >= 0.6 is 0 Å². The molecule has 1 rings (SSSR count). The maximum Gasteiger partial charge on any atom is 0.276 e. The van der Waals surface area contributed by atoms with E-state index in [1.54, 1.807) is 6.07 Å². The zero-order valence-electron chi connectivity index (χ0n) is 12.3. The Labute approximate surface area is 118 Å². The third-order valence-electron chi connectivity index (χ3n) is 2.98. The van der Waals surface area contributed by atoms with Gasteiger partial charge in [0.25, 0.3) is 5.69 Å². The Balaban J connectivity index is 3.12. The van der Waals surface area contributed by atoms with Crippen molar-refractivity contribution < 1.29 is 19.5 Å². The second-order valence-corrected chi connectivity index (χ2v) is 5.08. The van der Waals surface area contributed by atoms with Crippen molar-refractivity contribution in [2.75, 3.05) is 14.2 Å². The van der Waals surface area contributed by atoms with Gasteiger partial charge in [0.1, 0.15) is 0 Å². The van der Waals surface area contributed by atoms with Crippen molar-refractivity contribution in [1.29, 1.82) is 0 Å². The fraction of sp³-hybridized carbons (Fsp3) is 0.571. The van der Waals surface area contributed by atoms with Crippen molar-refractivity contribution in [3.05, 3.63) is 27.8 Å². The molecule has 0 aromatic heterocycles. The highest BCUT2D eigenvalue weighted by molar-refractivity contribution is 5.54. The molecule has 1 unspecified atom stereocenters. The first kappa shape index (κ1) is 16.2. The second-order valence-electron chi connectivity index (χ2n) is 5.08. The van der Waals surface area contributed by atoms with E-state index in [1.807, 2.05) is 13.8 Å². The number of rotatable bonds is 7. The highest BCUT2D eigenvalue weighted by atomic mass is 16.6. The van der Waals surface area contributed by atoms with E-state index in [2.05, 4.69) is 0 Å². The fourth-order valence-electron chi connectivity index (χ4n) is 2.13.